The lowest BCUT2D eigenvalue weighted by molar-refractivity contribution is 0.0940. The predicted molar refractivity (Wildman–Crippen MR) is 81.6 cm³/mol. The summed E-state index contributed by atoms with van der Waals surface area (Å²) in [7, 11) is 0. The number of halogens is 1. The minimum absolute atomic E-state index is 0.0297. The molecule has 4 heteroatoms. The second kappa shape index (κ2) is 9.10. The number of ether oxygens (including phenoxy) is 1. The summed E-state index contributed by atoms with van der Waals surface area (Å²) in [5, 5.41) is 2.90. The zero-order valence-electron chi connectivity index (χ0n) is 11.7. The molecule has 0 aliphatic heterocycles. The number of benzene rings is 1. The van der Waals surface area contributed by atoms with Gasteiger partial charge in [-0.2, -0.15) is 0 Å². The standard InChI is InChI=1S/C15H22BrNO2/c1-3-4-7-19-8-5-6-17-15(18)13-9-12(2)10-14(16)11-13/h9-11H,3-8H2,1-2H3,(H,17,18). The van der Waals surface area contributed by atoms with E-state index >= 15 is 0 Å². The molecule has 3 nitrogen and oxygen atoms in total. The van der Waals surface area contributed by atoms with Gasteiger partial charge in [0.15, 0.2) is 0 Å². The molecule has 106 valence electrons. The summed E-state index contributed by atoms with van der Waals surface area (Å²) in [5.41, 5.74) is 1.77. The molecule has 0 aromatic heterocycles. The van der Waals surface area contributed by atoms with Crippen LogP contribution >= 0.6 is 15.9 Å². The van der Waals surface area contributed by atoms with Crippen LogP contribution in [0.25, 0.3) is 0 Å². The van der Waals surface area contributed by atoms with Gasteiger partial charge < -0.3 is 10.1 Å². The summed E-state index contributed by atoms with van der Waals surface area (Å²) in [6.45, 7) is 6.29. The fraction of sp³-hybridized carbons (Fsp3) is 0.533. The topological polar surface area (TPSA) is 38.3 Å². The summed E-state index contributed by atoms with van der Waals surface area (Å²) < 4.78 is 6.37. The number of carbonyl (C=O) groups excluding carboxylic acids is 1. The Hall–Kier alpha value is -0.870. The first-order valence-electron chi connectivity index (χ1n) is 6.76. The molecule has 0 spiro atoms. The van der Waals surface area contributed by atoms with E-state index in [-0.39, 0.29) is 5.91 Å². The molecule has 1 N–H and O–H groups in total. The molecular weight excluding hydrogens is 306 g/mol. The van der Waals surface area contributed by atoms with E-state index in [0.29, 0.717) is 18.7 Å². The van der Waals surface area contributed by atoms with Gasteiger partial charge in [0, 0.05) is 29.8 Å². The van der Waals surface area contributed by atoms with Gasteiger partial charge in [-0.05, 0) is 43.5 Å². The Labute approximate surface area is 123 Å². The second-order valence-electron chi connectivity index (χ2n) is 4.59. The number of hydrogen-bond donors (Lipinski definition) is 1. The molecule has 0 radical (unpaired) electrons. The highest BCUT2D eigenvalue weighted by molar-refractivity contribution is 9.10. The monoisotopic (exact) mass is 327 g/mol. The largest absolute Gasteiger partial charge is 0.381 e. The number of hydrogen-bond acceptors (Lipinski definition) is 2. The average molecular weight is 328 g/mol. The van der Waals surface area contributed by atoms with Gasteiger partial charge in [-0.3, -0.25) is 4.79 Å². The number of nitrogens with one attached hydrogen (secondary N) is 1. The van der Waals surface area contributed by atoms with Gasteiger partial charge in [0.25, 0.3) is 5.91 Å². The number of aryl methyl sites for hydroxylation is 1. The molecular formula is C15H22BrNO2. The van der Waals surface area contributed by atoms with Crippen molar-refractivity contribution in [2.45, 2.75) is 33.1 Å². The maximum atomic E-state index is 11.9. The lowest BCUT2D eigenvalue weighted by Gasteiger charge is -2.07. The van der Waals surface area contributed by atoms with Crippen molar-refractivity contribution in [3.8, 4) is 0 Å². The van der Waals surface area contributed by atoms with Crippen LogP contribution in [0.5, 0.6) is 0 Å². The summed E-state index contributed by atoms with van der Waals surface area (Å²) in [6, 6.07) is 5.70. The molecule has 0 aliphatic carbocycles. The fourth-order valence-corrected chi connectivity index (χ4v) is 2.30. The summed E-state index contributed by atoms with van der Waals surface area (Å²) in [4.78, 5) is 11.9. The lowest BCUT2D eigenvalue weighted by atomic mass is 10.1. The smallest absolute Gasteiger partial charge is 0.251 e. The number of unbranched alkanes of at least 4 members (excludes halogenated alkanes) is 1. The molecule has 0 fully saturated rings. The van der Waals surface area contributed by atoms with E-state index in [1.807, 2.05) is 25.1 Å². The number of rotatable bonds is 8. The first-order chi connectivity index (χ1) is 9.13. The van der Waals surface area contributed by atoms with E-state index in [1.54, 1.807) is 0 Å². The normalized spacial score (nSPS) is 10.5. The number of carbonyl (C=O) groups is 1. The van der Waals surface area contributed by atoms with E-state index in [2.05, 4.69) is 28.2 Å². The highest BCUT2D eigenvalue weighted by Crippen LogP contribution is 2.15. The molecule has 1 rings (SSSR count). The van der Waals surface area contributed by atoms with Crippen LogP contribution in [-0.2, 0) is 4.74 Å². The average Bonchev–Trinajstić information content (AvgIpc) is 2.36. The van der Waals surface area contributed by atoms with Gasteiger partial charge >= 0.3 is 0 Å². The summed E-state index contributed by atoms with van der Waals surface area (Å²) in [5.74, 6) is -0.0297. The Morgan fingerprint density at radius 2 is 2.00 bits per heavy atom. The molecule has 0 heterocycles. The van der Waals surface area contributed by atoms with Crippen LogP contribution in [-0.4, -0.2) is 25.7 Å². The highest BCUT2D eigenvalue weighted by atomic mass is 79.9. The van der Waals surface area contributed by atoms with Gasteiger partial charge in [0.2, 0.25) is 0 Å². The number of amides is 1. The Balaban J connectivity index is 2.24. The maximum Gasteiger partial charge on any atom is 0.251 e. The third-order valence-corrected chi connectivity index (χ3v) is 3.16. The molecule has 1 aromatic rings. The van der Waals surface area contributed by atoms with Crippen molar-refractivity contribution in [1.82, 2.24) is 5.32 Å². The van der Waals surface area contributed by atoms with Crippen molar-refractivity contribution in [2.24, 2.45) is 0 Å². The van der Waals surface area contributed by atoms with Crippen molar-refractivity contribution >= 4 is 21.8 Å². The van der Waals surface area contributed by atoms with E-state index in [9.17, 15) is 4.79 Å². The summed E-state index contributed by atoms with van der Waals surface area (Å²) in [6.07, 6.45) is 3.10. The zero-order valence-corrected chi connectivity index (χ0v) is 13.3. The van der Waals surface area contributed by atoms with Crippen molar-refractivity contribution < 1.29 is 9.53 Å². The molecule has 19 heavy (non-hydrogen) atoms. The van der Waals surface area contributed by atoms with E-state index in [4.69, 9.17) is 4.74 Å². The molecule has 0 atom stereocenters. The second-order valence-corrected chi connectivity index (χ2v) is 5.51. The maximum absolute atomic E-state index is 11.9. The Bertz CT molecular complexity index is 387. The van der Waals surface area contributed by atoms with Crippen LogP contribution in [0.2, 0.25) is 0 Å². The van der Waals surface area contributed by atoms with E-state index in [1.165, 1.54) is 0 Å². The lowest BCUT2D eigenvalue weighted by Crippen LogP contribution is -2.25. The third-order valence-electron chi connectivity index (χ3n) is 2.70. The van der Waals surface area contributed by atoms with Crippen LogP contribution in [0.1, 0.15) is 42.1 Å². The molecule has 0 unspecified atom stereocenters. The fourth-order valence-electron chi connectivity index (χ4n) is 1.69. The third kappa shape index (κ3) is 6.73. The van der Waals surface area contributed by atoms with Gasteiger partial charge in [-0.15, -0.1) is 0 Å². The van der Waals surface area contributed by atoms with E-state index in [0.717, 1.165) is 35.9 Å². The Morgan fingerprint density at radius 3 is 2.68 bits per heavy atom. The minimum atomic E-state index is -0.0297. The Kier molecular flexibility index (Phi) is 7.75. The van der Waals surface area contributed by atoms with Crippen LogP contribution in [0, 0.1) is 6.92 Å². The highest BCUT2D eigenvalue weighted by Gasteiger charge is 2.06. The first kappa shape index (κ1) is 16.2. The minimum Gasteiger partial charge on any atom is -0.381 e. The first-order valence-corrected chi connectivity index (χ1v) is 7.56. The molecule has 0 saturated carbocycles. The van der Waals surface area contributed by atoms with Crippen molar-refractivity contribution in [3.63, 3.8) is 0 Å². The van der Waals surface area contributed by atoms with Crippen molar-refractivity contribution in [2.75, 3.05) is 19.8 Å². The molecule has 0 saturated heterocycles. The zero-order chi connectivity index (χ0) is 14.1. The van der Waals surface area contributed by atoms with Crippen molar-refractivity contribution in [1.29, 1.82) is 0 Å². The van der Waals surface area contributed by atoms with Gasteiger partial charge in [0.1, 0.15) is 0 Å². The quantitative estimate of drug-likeness (QED) is 0.739. The molecule has 0 aliphatic rings. The summed E-state index contributed by atoms with van der Waals surface area (Å²) >= 11 is 3.40. The van der Waals surface area contributed by atoms with Crippen LogP contribution in [0.3, 0.4) is 0 Å². The van der Waals surface area contributed by atoms with Crippen molar-refractivity contribution in [3.05, 3.63) is 33.8 Å². The molecule has 1 aromatic carbocycles. The Morgan fingerprint density at radius 1 is 1.26 bits per heavy atom. The van der Waals surface area contributed by atoms with Crippen LogP contribution < -0.4 is 5.32 Å². The predicted octanol–water partition coefficient (Wildman–Crippen LogP) is 3.69. The van der Waals surface area contributed by atoms with Crippen LogP contribution in [0.15, 0.2) is 22.7 Å². The van der Waals surface area contributed by atoms with Gasteiger partial charge in [0.05, 0.1) is 0 Å². The SMILES string of the molecule is CCCCOCCCNC(=O)c1cc(C)cc(Br)c1. The molecule has 1 amide bonds. The van der Waals surface area contributed by atoms with Crippen LogP contribution in [0.4, 0.5) is 0 Å². The van der Waals surface area contributed by atoms with E-state index < -0.39 is 0 Å². The van der Waals surface area contributed by atoms with Gasteiger partial charge in [-0.1, -0.05) is 29.3 Å². The van der Waals surface area contributed by atoms with Gasteiger partial charge in [-0.25, -0.2) is 0 Å². The molecule has 0 bridgehead atoms.